The van der Waals surface area contributed by atoms with Crippen molar-refractivity contribution in [2.75, 3.05) is 0 Å². The van der Waals surface area contributed by atoms with Crippen molar-refractivity contribution in [3.05, 3.63) is 0 Å². The fraction of sp³-hybridized carbons (Fsp3) is 1.00. The molecule has 0 nitrogen and oxygen atoms in total. The lowest BCUT2D eigenvalue weighted by Gasteiger charge is -1.79. The summed E-state index contributed by atoms with van der Waals surface area (Å²) < 4.78 is 0. The second-order valence-electron chi connectivity index (χ2n) is 3.46. The van der Waals surface area contributed by atoms with Gasteiger partial charge in [-0.25, -0.2) is 0 Å². The summed E-state index contributed by atoms with van der Waals surface area (Å²) in [6.07, 6.45) is 0. The third-order valence-corrected chi connectivity index (χ3v) is 0. The molecule has 0 heterocycles. The minimum atomic E-state index is 0. The van der Waals surface area contributed by atoms with Crippen LogP contribution < -0.4 is 0 Å². The summed E-state index contributed by atoms with van der Waals surface area (Å²) in [5, 5.41) is 0. The SMILES string of the molecule is C.CC.CC(C)C.CC(C)C. The van der Waals surface area contributed by atoms with Crippen LogP contribution in [0, 0.1) is 11.8 Å². The summed E-state index contributed by atoms with van der Waals surface area (Å²) in [5.41, 5.74) is 0. The molecule has 0 aliphatic carbocycles. The van der Waals surface area contributed by atoms with Crippen LogP contribution in [0.3, 0.4) is 0 Å². The van der Waals surface area contributed by atoms with E-state index in [0.29, 0.717) is 0 Å². The average molecular weight is 162 g/mol. The van der Waals surface area contributed by atoms with Crippen molar-refractivity contribution in [3.63, 3.8) is 0 Å². The molecule has 0 aliphatic rings. The first kappa shape index (κ1) is 22.4. The maximum Gasteiger partial charge on any atom is -0.0500 e. The molecule has 0 aromatic rings. The predicted molar refractivity (Wildman–Crippen MR) is 59.1 cm³/mol. The Morgan fingerprint density at radius 2 is 0.545 bits per heavy atom. The number of hydrogen-bond donors (Lipinski definition) is 0. The van der Waals surface area contributed by atoms with Crippen LogP contribution in [-0.2, 0) is 0 Å². The van der Waals surface area contributed by atoms with Crippen molar-refractivity contribution in [1.82, 2.24) is 0 Å². The van der Waals surface area contributed by atoms with E-state index in [1.807, 2.05) is 13.8 Å². The van der Waals surface area contributed by atoms with Gasteiger partial charge in [0.15, 0.2) is 0 Å². The molecule has 0 bridgehead atoms. The Morgan fingerprint density at radius 1 is 0.545 bits per heavy atom. The first-order valence-electron chi connectivity index (χ1n) is 4.46. The third-order valence-electron chi connectivity index (χ3n) is 0. The fourth-order valence-electron chi connectivity index (χ4n) is 0. The van der Waals surface area contributed by atoms with E-state index < -0.39 is 0 Å². The Balaban J connectivity index is -0.0000000339. The third kappa shape index (κ3) is 0. The van der Waals surface area contributed by atoms with Gasteiger partial charge >= 0.3 is 0 Å². The zero-order valence-corrected chi connectivity index (χ0v) is 9.15. The molecular weight excluding hydrogens is 132 g/mol. The summed E-state index contributed by atoms with van der Waals surface area (Å²) in [6.45, 7) is 17.0. The molecule has 0 fully saturated rings. The van der Waals surface area contributed by atoms with E-state index in [0.717, 1.165) is 11.8 Å². The smallest absolute Gasteiger partial charge is 0.0500 e. The van der Waals surface area contributed by atoms with Crippen LogP contribution >= 0.6 is 0 Å². The number of hydrogen-bond acceptors (Lipinski definition) is 0. The van der Waals surface area contributed by atoms with Crippen molar-refractivity contribution < 1.29 is 0 Å². The molecule has 0 aromatic carbocycles. The number of rotatable bonds is 0. The van der Waals surface area contributed by atoms with E-state index in [-0.39, 0.29) is 7.43 Å². The quantitative estimate of drug-likeness (QED) is 0.471. The summed E-state index contributed by atoms with van der Waals surface area (Å²) in [5.74, 6) is 1.67. The van der Waals surface area contributed by atoms with Crippen LogP contribution in [0.25, 0.3) is 0 Å². The molecule has 0 aromatic heterocycles. The molecule has 0 unspecified atom stereocenters. The summed E-state index contributed by atoms with van der Waals surface area (Å²) in [4.78, 5) is 0. The topological polar surface area (TPSA) is 0 Å². The van der Waals surface area contributed by atoms with Crippen LogP contribution in [0.5, 0.6) is 0 Å². The monoisotopic (exact) mass is 162 g/mol. The molecule has 0 heteroatoms. The van der Waals surface area contributed by atoms with Crippen molar-refractivity contribution in [1.29, 1.82) is 0 Å². The normalized spacial score (nSPS) is 7.09. The highest BCUT2D eigenvalue weighted by Crippen LogP contribution is 1.81. The van der Waals surface area contributed by atoms with Crippen LogP contribution in [0.4, 0.5) is 0 Å². The van der Waals surface area contributed by atoms with Gasteiger partial charge in [0.1, 0.15) is 0 Å². The summed E-state index contributed by atoms with van der Waals surface area (Å²) in [7, 11) is 0. The molecule has 0 saturated heterocycles. The van der Waals surface area contributed by atoms with Crippen LogP contribution in [-0.4, -0.2) is 0 Å². The molecule has 0 atom stereocenters. The Morgan fingerprint density at radius 3 is 0.545 bits per heavy atom. The molecule has 0 amide bonds. The summed E-state index contributed by atoms with van der Waals surface area (Å²) in [6, 6.07) is 0. The maximum atomic E-state index is 2.17. The Kier molecular flexibility index (Phi) is 45.9. The van der Waals surface area contributed by atoms with Crippen LogP contribution in [0.2, 0.25) is 0 Å². The second kappa shape index (κ2) is 22.5. The molecule has 0 radical (unpaired) electrons. The molecule has 0 N–H and O–H groups in total. The van der Waals surface area contributed by atoms with Crippen molar-refractivity contribution in [3.8, 4) is 0 Å². The zero-order chi connectivity index (χ0) is 9.15. The largest absolute Gasteiger partial charge is 0.0776 e. The molecule has 0 rings (SSSR count). The van der Waals surface area contributed by atoms with Gasteiger partial charge in [0, 0.05) is 0 Å². The van der Waals surface area contributed by atoms with Gasteiger partial charge in [-0.2, -0.15) is 0 Å². The lowest BCUT2D eigenvalue weighted by atomic mass is 10.3. The highest BCUT2D eigenvalue weighted by atomic mass is 13.7. The van der Waals surface area contributed by atoms with E-state index >= 15 is 0 Å². The van der Waals surface area contributed by atoms with E-state index in [1.165, 1.54) is 0 Å². The van der Waals surface area contributed by atoms with Crippen LogP contribution in [0.15, 0.2) is 0 Å². The standard InChI is InChI=1S/2C4H10.C2H6.CH4/c2*1-4(2)3;1-2;/h2*4H,1-3H3;1-2H3;1H4. The van der Waals surface area contributed by atoms with Crippen LogP contribution in [0.1, 0.15) is 62.8 Å². The maximum absolute atomic E-state index is 2.17. The lowest BCUT2D eigenvalue weighted by Crippen LogP contribution is -1.66. The Labute approximate surface area is 75.4 Å². The Bertz CT molecular complexity index is 15.5. The Hall–Kier alpha value is 0. The zero-order valence-electron chi connectivity index (χ0n) is 9.15. The molecule has 0 spiro atoms. The van der Waals surface area contributed by atoms with E-state index in [2.05, 4.69) is 41.5 Å². The fourth-order valence-corrected chi connectivity index (χ4v) is 0. The minimum Gasteiger partial charge on any atom is -0.0776 e. The highest BCUT2D eigenvalue weighted by molar-refractivity contribution is 4.21. The minimum absolute atomic E-state index is 0. The molecule has 0 aliphatic heterocycles. The molecule has 11 heavy (non-hydrogen) atoms. The molecule has 0 saturated carbocycles. The van der Waals surface area contributed by atoms with Gasteiger partial charge in [-0.3, -0.25) is 0 Å². The lowest BCUT2D eigenvalue weighted by molar-refractivity contribution is 0.736. The van der Waals surface area contributed by atoms with Crippen molar-refractivity contribution in [2.24, 2.45) is 11.8 Å². The van der Waals surface area contributed by atoms with Crippen molar-refractivity contribution in [2.45, 2.75) is 62.8 Å². The van der Waals surface area contributed by atoms with Gasteiger partial charge in [-0.15, -0.1) is 0 Å². The molecular formula is C11H30. The van der Waals surface area contributed by atoms with E-state index in [1.54, 1.807) is 0 Å². The van der Waals surface area contributed by atoms with E-state index in [4.69, 9.17) is 0 Å². The highest BCUT2D eigenvalue weighted by Gasteiger charge is 1.68. The van der Waals surface area contributed by atoms with Gasteiger partial charge in [0.25, 0.3) is 0 Å². The van der Waals surface area contributed by atoms with Gasteiger partial charge in [-0.05, 0) is 11.8 Å². The van der Waals surface area contributed by atoms with Gasteiger partial charge < -0.3 is 0 Å². The van der Waals surface area contributed by atoms with Gasteiger partial charge in [-0.1, -0.05) is 62.8 Å². The van der Waals surface area contributed by atoms with Gasteiger partial charge in [0.05, 0.1) is 0 Å². The second-order valence-corrected chi connectivity index (χ2v) is 3.46. The first-order chi connectivity index (χ1) is 4.46. The van der Waals surface area contributed by atoms with Gasteiger partial charge in [0.2, 0.25) is 0 Å². The summed E-state index contributed by atoms with van der Waals surface area (Å²) >= 11 is 0. The average Bonchev–Trinajstić information content (AvgIpc) is 1.66. The first-order valence-corrected chi connectivity index (χ1v) is 4.46. The molecule has 74 valence electrons. The predicted octanol–water partition coefficient (Wildman–Crippen LogP) is 4.99. The van der Waals surface area contributed by atoms with Crippen molar-refractivity contribution >= 4 is 0 Å². The van der Waals surface area contributed by atoms with E-state index in [9.17, 15) is 0 Å².